The van der Waals surface area contributed by atoms with Gasteiger partial charge >= 0.3 is 0 Å². The maximum atomic E-state index is 11.1. The van der Waals surface area contributed by atoms with Crippen molar-refractivity contribution in [3.63, 3.8) is 0 Å². The number of benzene rings is 1. The number of anilines is 1. The summed E-state index contributed by atoms with van der Waals surface area (Å²) in [5, 5.41) is 16.8. The number of thiophene rings is 1. The number of carbonyl (C=O) groups excluding carboxylic acids is 1. The third-order valence-electron chi connectivity index (χ3n) is 2.75. The van der Waals surface area contributed by atoms with E-state index in [0.29, 0.717) is 12.1 Å². The Labute approximate surface area is 122 Å². The molecule has 4 nitrogen and oxygen atoms in total. The highest BCUT2D eigenvalue weighted by atomic mass is 32.1. The second-order valence-electron chi connectivity index (χ2n) is 4.35. The smallest absolute Gasteiger partial charge is 0.221 e. The SMILES string of the molecule is CC(=O)Nc1ccsc1CNCc1ccc(C#N)cc1. The van der Waals surface area contributed by atoms with Crippen LogP contribution in [0.2, 0.25) is 0 Å². The average Bonchev–Trinajstić information content (AvgIpc) is 2.86. The Morgan fingerprint density at radius 2 is 2.00 bits per heavy atom. The molecule has 1 aromatic heterocycles. The van der Waals surface area contributed by atoms with Gasteiger partial charge in [0.25, 0.3) is 0 Å². The van der Waals surface area contributed by atoms with E-state index in [0.717, 1.165) is 22.7 Å². The molecule has 0 bridgehead atoms. The van der Waals surface area contributed by atoms with Gasteiger partial charge in [-0.05, 0) is 29.1 Å². The van der Waals surface area contributed by atoms with Gasteiger partial charge in [-0.1, -0.05) is 12.1 Å². The van der Waals surface area contributed by atoms with Crippen molar-refractivity contribution in [2.45, 2.75) is 20.0 Å². The molecule has 5 heteroatoms. The van der Waals surface area contributed by atoms with Crippen molar-refractivity contribution in [1.29, 1.82) is 5.26 Å². The van der Waals surface area contributed by atoms with Gasteiger partial charge in [0.1, 0.15) is 0 Å². The fourth-order valence-electron chi connectivity index (χ4n) is 1.80. The average molecular weight is 285 g/mol. The van der Waals surface area contributed by atoms with Crippen molar-refractivity contribution in [2.24, 2.45) is 0 Å². The predicted octanol–water partition coefficient (Wildman–Crippen LogP) is 2.87. The summed E-state index contributed by atoms with van der Waals surface area (Å²) in [6, 6.07) is 11.5. The molecule has 102 valence electrons. The van der Waals surface area contributed by atoms with E-state index >= 15 is 0 Å². The van der Waals surface area contributed by atoms with Crippen LogP contribution >= 0.6 is 11.3 Å². The van der Waals surface area contributed by atoms with Crippen LogP contribution in [0.15, 0.2) is 35.7 Å². The zero-order valence-corrected chi connectivity index (χ0v) is 12.0. The summed E-state index contributed by atoms with van der Waals surface area (Å²) < 4.78 is 0. The van der Waals surface area contributed by atoms with E-state index in [1.807, 2.05) is 35.7 Å². The lowest BCUT2D eigenvalue weighted by atomic mass is 10.1. The standard InChI is InChI=1S/C15H15N3OS/c1-11(19)18-14-6-7-20-15(14)10-17-9-13-4-2-12(8-16)3-5-13/h2-7,17H,9-10H2,1H3,(H,18,19). The van der Waals surface area contributed by atoms with E-state index in [-0.39, 0.29) is 5.91 Å². The Morgan fingerprint density at radius 3 is 2.65 bits per heavy atom. The Bertz CT molecular complexity index is 625. The molecule has 2 N–H and O–H groups in total. The summed E-state index contributed by atoms with van der Waals surface area (Å²) in [6.45, 7) is 2.93. The van der Waals surface area contributed by atoms with Gasteiger partial charge in [0, 0.05) is 24.9 Å². The highest BCUT2D eigenvalue weighted by Crippen LogP contribution is 2.22. The third-order valence-corrected chi connectivity index (χ3v) is 3.67. The van der Waals surface area contributed by atoms with Crippen LogP contribution in [0.3, 0.4) is 0 Å². The number of hydrogen-bond donors (Lipinski definition) is 2. The molecule has 0 aliphatic heterocycles. The first kappa shape index (κ1) is 14.3. The van der Waals surface area contributed by atoms with Gasteiger partial charge in [0.15, 0.2) is 0 Å². The van der Waals surface area contributed by atoms with Gasteiger partial charge in [0.05, 0.1) is 17.3 Å². The highest BCUT2D eigenvalue weighted by Gasteiger charge is 2.05. The lowest BCUT2D eigenvalue weighted by Gasteiger charge is -2.06. The molecule has 0 unspecified atom stereocenters. The molecule has 1 heterocycles. The number of carbonyl (C=O) groups is 1. The number of nitrogens with one attached hydrogen (secondary N) is 2. The summed E-state index contributed by atoms with van der Waals surface area (Å²) in [5.74, 6) is -0.0586. The van der Waals surface area contributed by atoms with Crippen LogP contribution in [0.1, 0.15) is 22.9 Å². The summed E-state index contributed by atoms with van der Waals surface area (Å²) >= 11 is 1.61. The Kier molecular flexibility index (Phi) is 4.88. The first-order valence-corrected chi connectivity index (χ1v) is 7.10. The lowest BCUT2D eigenvalue weighted by molar-refractivity contribution is -0.114. The van der Waals surface area contributed by atoms with Gasteiger partial charge in [-0.2, -0.15) is 5.26 Å². The summed E-state index contributed by atoms with van der Waals surface area (Å²) in [4.78, 5) is 12.2. The monoisotopic (exact) mass is 285 g/mol. The first-order chi connectivity index (χ1) is 9.69. The number of rotatable bonds is 5. The normalized spacial score (nSPS) is 10.0. The molecule has 0 aliphatic carbocycles. The minimum Gasteiger partial charge on any atom is -0.325 e. The Hall–Kier alpha value is -2.16. The summed E-state index contributed by atoms with van der Waals surface area (Å²) in [7, 11) is 0. The van der Waals surface area contributed by atoms with Gasteiger partial charge in [-0.3, -0.25) is 4.79 Å². The second kappa shape index (κ2) is 6.85. The van der Waals surface area contributed by atoms with Crippen LogP contribution in [0.4, 0.5) is 5.69 Å². The van der Waals surface area contributed by atoms with Crippen LogP contribution in [0.5, 0.6) is 0 Å². The topological polar surface area (TPSA) is 64.9 Å². The molecule has 2 aromatic rings. The van der Waals surface area contributed by atoms with Crippen molar-refractivity contribution in [3.05, 3.63) is 51.7 Å². The van der Waals surface area contributed by atoms with Crippen molar-refractivity contribution in [1.82, 2.24) is 5.32 Å². The van der Waals surface area contributed by atoms with E-state index < -0.39 is 0 Å². The molecule has 0 saturated heterocycles. The van der Waals surface area contributed by atoms with Crippen molar-refractivity contribution in [3.8, 4) is 6.07 Å². The second-order valence-corrected chi connectivity index (χ2v) is 5.35. The van der Waals surface area contributed by atoms with E-state index in [2.05, 4.69) is 16.7 Å². The zero-order valence-electron chi connectivity index (χ0n) is 11.1. The van der Waals surface area contributed by atoms with Crippen molar-refractivity contribution in [2.75, 3.05) is 5.32 Å². The maximum absolute atomic E-state index is 11.1. The van der Waals surface area contributed by atoms with Gasteiger partial charge in [-0.25, -0.2) is 0 Å². The number of nitrogens with zero attached hydrogens (tertiary/aromatic N) is 1. The highest BCUT2D eigenvalue weighted by molar-refractivity contribution is 7.10. The van der Waals surface area contributed by atoms with Crippen LogP contribution in [-0.2, 0) is 17.9 Å². The number of amides is 1. The molecule has 20 heavy (non-hydrogen) atoms. The van der Waals surface area contributed by atoms with Crippen molar-refractivity contribution >= 4 is 22.9 Å². The summed E-state index contributed by atoms with van der Waals surface area (Å²) in [5.41, 5.74) is 2.66. The molecule has 0 radical (unpaired) electrons. The van der Waals surface area contributed by atoms with Crippen LogP contribution in [-0.4, -0.2) is 5.91 Å². The fourth-order valence-corrected chi connectivity index (χ4v) is 2.60. The first-order valence-electron chi connectivity index (χ1n) is 6.23. The van der Waals surface area contributed by atoms with Crippen molar-refractivity contribution < 1.29 is 4.79 Å². The number of hydrogen-bond acceptors (Lipinski definition) is 4. The molecule has 0 spiro atoms. The Morgan fingerprint density at radius 1 is 1.25 bits per heavy atom. The third kappa shape index (κ3) is 3.92. The minimum atomic E-state index is -0.0586. The molecule has 0 saturated carbocycles. The predicted molar refractivity (Wildman–Crippen MR) is 80.3 cm³/mol. The molecular formula is C15H15N3OS. The molecule has 2 rings (SSSR count). The van der Waals surface area contributed by atoms with Gasteiger partial charge < -0.3 is 10.6 Å². The van der Waals surface area contributed by atoms with Gasteiger partial charge in [-0.15, -0.1) is 11.3 Å². The minimum absolute atomic E-state index is 0.0586. The molecule has 0 fully saturated rings. The largest absolute Gasteiger partial charge is 0.325 e. The van der Waals surface area contributed by atoms with Gasteiger partial charge in [0.2, 0.25) is 5.91 Å². The molecule has 1 aromatic carbocycles. The zero-order chi connectivity index (χ0) is 14.4. The van der Waals surface area contributed by atoms with Crippen LogP contribution in [0.25, 0.3) is 0 Å². The lowest BCUT2D eigenvalue weighted by Crippen LogP contribution is -2.14. The van der Waals surface area contributed by atoms with E-state index in [1.54, 1.807) is 11.3 Å². The quantitative estimate of drug-likeness (QED) is 0.887. The summed E-state index contributed by atoms with van der Waals surface area (Å²) in [6.07, 6.45) is 0. The van der Waals surface area contributed by atoms with Crippen LogP contribution < -0.4 is 10.6 Å². The van der Waals surface area contributed by atoms with E-state index in [9.17, 15) is 4.79 Å². The molecule has 1 amide bonds. The maximum Gasteiger partial charge on any atom is 0.221 e. The number of nitriles is 1. The molecule has 0 aliphatic rings. The Balaban J connectivity index is 1.88. The van der Waals surface area contributed by atoms with Crippen LogP contribution in [0, 0.1) is 11.3 Å². The molecular weight excluding hydrogens is 270 g/mol. The van der Waals surface area contributed by atoms with E-state index in [1.165, 1.54) is 6.92 Å². The van der Waals surface area contributed by atoms with E-state index in [4.69, 9.17) is 5.26 Å². The fraction of sp³-hybridized carbons (Fsp3) is 0.200. The molecule has 0 atom stereocenters.